The van der Waals surface area contributed by atoms with Crippen LogP contribution in [0, 0.1) is 10.1 Å². The lowest BCUT2D eigenvalue weighted by Crippen LogP contribution is -2.08. The first-order chi connectivity index (χ1) is 14.5. The zero-order chi connectivity index (χ0) is 21.3. The Hall–Kier alpha value is -4.00. The predicted molar refractivity (Wildman–Crippen MR) is 114 cm³/mol. The van der Waals surface area contributed by atoms with Gasteiger partial charge in [-0.15, -0.1) is 0 Å². The van der Waals surface area contributed by atoms with Crippen LogP contribution in [0.5, 0.6) is 5.88 Å². The average Bonchev–Trinajstić information content (AvgIpc) is 2.77. The third-order valence-corrected chi connectivity index (χ3v) is 4.84. The van der Waals surface area contributed by atoms with E-state index < -0.39 is 10.9 Å². The molecule has 150 valence electrons. The quantitative estimate of drug-likeness (QED) is 0.260. The van der Waals surface area contributed by atoms with Crippen molar-refractivity contribution in [2.24, 2.45) is 0 Å². The molecule has 0 atom stereocenters. The van der Waals surface area contributed by atoms with Crippen LogP contribution in [0.4, 0.5) is 5.69 Å². The van der Waals surface area contributed by atoms with Crippen molar-refractivity contribution >= 4 is 33.3 Å². The molecule has 0 saturated heterocycles. The second kappa shape index (κ2) is 7.79. The normalized spacial score (nSPS) is 10.9. The average molecular weight is 402 g/mol. The topological polar surface area (TPSA) is 91.6 Å². The van der Waals surface area contributed by atoms with Crippen molar-refractivity contribution in [2.75, 3.05) is 13.7 Å². The van der Waals surface area contributed by atoms with Crippen LogP contribution in [0.15, 0.2) is 60.7 Å². The number of hydrogen-bond donors (Lipinski definition) is 0. The van der Waals surface area contributed by atoms with Crippen LogP contribution < -0.4 is 4.74 Å². The molecule has 7 nitrogen and oxygen atoms in total. The fourth-order valence-corrected chi connectivity index (χ4v) is 3.44. The van der Waals surface area contributed by atoms with Crippen molar-refractivity contribution in [3.8, 4) is 17.0 Å². The van der Waals surface area contributed by atoms with Gasteiger partial charge in [-0.2, -0.15) is 0 Å². The number of carbonyl (C=O) groups excluding carboxylic acids is 1. The summed E-state index contributed by atoms with van der Waals surface area (Å²) in [5, 5.41) is 14.4. The minimum Gasteiger partial charge on any atom is -0.480 e. The maximum atomic E-state index is 12.3. The highest BCUT2D eigenvalue weighted by Crippen LogP contribution is 2.36. The molecule has 0 amide bonds. The number of rotatable bonds is 5. The standard InChI is InChI=1S/C23H18N2O5/c1-3-30-23(26)19-12-17-11-18(16-9-8-14-6-4-5-7-15(14)10-16)21(25(27)28)13-20(17)24-22(19)29-2/h4-13H,3H2,1-2H3. The number of carbonyl (C=O) groups is 1. The molecule has 0 spiro atoms. The number of ether oxygens (including phenoxy) is 2. The number of pyridine rings is 1. The fraction of sp³-hybridized carbons (Fsp3) is 0.130. The van der Waals surface area contributed by atoms with Gasteiger partial charge in [0.2, 0.25) is 5.88 Å². The summed E-state index contributed by atoms with van der Waals surface area (Å²) in [7, 11) is 1.38. The van der Waals surface area contributed by atoms with Crippen molar-refractivity contribution in [3.63, 3.8) is 0 Å². The van der Waals surface area contributed by atoms with E-state index in [-0.39, 0.29) is 23.7 Å². The highest BCUT2D eigenvalue weighted by atomic mass is 16.6. The molecule has 7 heteroatoms. The summed E-state index contributed by atoms with van der Waals surface area (Å²) in [5.41, 5.74) is 1.60. The van der Waals surface area contributed by atoms with Crippen LogP contribution >= 0.6 is 0 Å². The van der Waals surface area contributed by atoms with Crippen LogP contribution in [0.2, 0.25) is 0 Å². The van der Waals surface area contributed by atoms with Crippen LogP contribution in [0.3, 0.4) is 0 Å². The Balaban J connectivity index is 1.96. The van der Waals surface area contributed by atoms with Crippen molar-refractivity contribution in [1.82, 2.24) is 4.98 Å². The highest BCUT2D eigenvalue weighted by molar-refractivity contribution is 5.99. The lowest BCUT2D eigenvalue weighted by Gasteiger charge is -2.11. The summed E-state index contributed by atoms with van der Waals surface area (Å²) >= 11 is 0. The molecule has 0 bridgehead atoms. The maximum absolute atomic E-state index is 12.3. The molecular formula is C23H18N2O5. The predicted octanol–water partition coefficient (Wildman–Crippen LogP) is 5.15. The van der Waals surface area contributed by atoms with Crippen molar-refractivity contribution in [1.29, 1.82) is 0 Å². The van der Waals surface area contributed by atoms with Crippen LogP contribution in [-0.2, 0) is 4.74 Å². The molecule has 3 aromatic carbocycles. The Morgan fingerprint density at radius 2 is 1.80 bits per heavy atom. The number of nitrogens with zero attached hydrogens (tertiary/aromatic N) is 2. The lowest BCUT2D eigenvalue weighted by atomic mass is 9.98. The molecule has 0 aliphatic rings. The maximum Gasteiger partial charge on any atom is 0.343 e. The monoisotopic (exact) mass is 402 g/mol. The van der Waals surface area contributed by atoms with Crippen molar-refractivity contribution in [2.45, 2.75) is 6.92 Å². The molecule has 0 aliphatic carbocycles. The van der Waals surface area contributed by atoms with E-state index in [1.165, 1.54) is 13.2 Å². The van der Waals surface area contributed by atoms with Gasteiger partial charge < -0.3 is 9.47 Å². The van der Waals surface area contributed by atoms with Crippen molar-refractivity contribution in [3.05, 3.63) is 76.3 Å². The van der Waals surface area contributed by atoms with Gasteiger partial charge >= 0.3 is 5.97 Å². The fourth-order valence-electron chi connectivity index (χ4n) is 3.44. The van der Waals surface area contributed by atoms with Gasteiger partial charge in [-0.25, -0.2) is 9.78 Å². The molecule has 0 saturated carbocycles. The van der Waals surface area contributed by atoms with Gasteiger partial charge in [0, 0.05) is 11.5 Å². The Morgan fingerprint density at radius 3 is 2.50 bits per heavy atom. The molecular weight excluding hydrogens is 384 g/mol. The van der Waals surface area contributed by atoms with E-state index in [4.69, 9.17) is 9.47 Å². The molecule has 0 unspecified atom stereocenters. The molecule has 4 aromatic rings. The number of esters is 1. The van der Waals surface area contributed by atoms with Gasteiger partial charge in [0.05, 0.1) is 29.7 Å². The van der Waals surface area contributed by atoms with E-state index in [2.05, 4.69) is 4.98 Å². The summed E-state index contributed by atoms with van der Waals surface area (Å²) in [6, 6.07) is 18.1. The van der Waals surface area contributed by atoms with E-state index in [9.17, 15) is 14.9 Å². The van der Waals surface area contributed by atoms with Crippen molar-refractivity contribution < 1.29 is 19.2 Å². The summed E-state index contributed by atoms with van der Waals surface area (Å²) in [6.45, 7) is 1.92. The summed E-state index contributed by atoms with van der Waals surface area (Å²) < 4.78 is 10.3. The minimum absolute atomic E-state index is 0.0636. The van der Waals surface area contributed by atoms with E-state index in [0.717, 1.165) is 10.8 Å². The zero-order valence-corrected chi connectivity index (χ0v) is 16.4. The van der Waals surface area contributed by atoms with Gasteiger partial charge in [-0.1, -0.05) is 36.4 Å². The Labute approximate surface area is 172 Å². The van der Waals surface area contributed by atoms with Gasteiger partial charge in [-0.3, -0.25) is 10.1 Å². The Kier molecular flexibility index (Phi) is 5.02. The molecule has 30 heavy (non-hydrogen) atoms. The van der Waals surface area contributed by atoms with Crippen LogP contribution in [-0.4, -0.2) is 29.6 Å². The molecule has 1 heterocycles. The summed E-state index contributed by atoms with van der Waals surface area (Å²) in [5.74, 6) is -0.497. The molecule has 0 radical (unpaired) electrons. The Bertz CT molecular complexity index is 1300. The first-order valence-corrected chi connectivity index (χ1v) is 9.35. The number of nitro benzene ring substituents is 1. The van der Waals surface area contributed by atoms with Crippen LogP contribution in [0.1, 0.15) is 17.3 Å². The number of fused-ring (bicyclic) bond motifs is 2. The second-order valence-corrected chi connectivity index (χ2v) is 6.65. The molecule has 0 aliphatic heterocycles. The van der Waals surface area contributed by atoms with Gasteiger partial charge in [0.1, 0.15) is 5.56 Å². The second-order valence-electron chi connectivity index (χ2n) is 6.65. The zero-order valence-electron chi connectivity index (χ0n) is 16.4. The van der Waals surface area contributed by atoms with E-state index in [1.54, 1.807) is 19.1 Å². The van der Waals surface area contributed by atoms with E-state index in [0.29, 0.717) is 22.0 Å². The first kappa shape index (κ1) is 19.3. The number of benzene rings is 3. The smallest absolute Gasteiger partial charge is 0.343 e. The first-order valence-electron chi connectivity index (χ1n) is 9.35. The number of aromatic nitrogens is 1. The van der Waals surface area contributed by atoms with Gasteiger partial charge in [0.15, 0.2) is 0 Å². The third-order valence-electron chi connectivity index (χ3n) is 4.84. The number of hydrogen-bond acceptors (Lipinski definition) is 6. The molecule has 0 N–H and O–H groups in total. The van der Waals surface area contributed by atoms with Gasteiger partial charge in [-0.05, 0) is 41.5 Å². The SMILES string of the molecule is CCOC(=O)c1cc2cc(-c3ccc4ccccc4c3)c([N+](=O)[O-])cc2nc1OC. The molecule has 0 fully saturated rings. The van der Waals surface area contributed by atoms with E-state index in [1.807, 2.05) is 42.5 Å². The minimum atomic E-state index is -0.561. The molecule has 1 aromatic heterocycles. The van der Waals surface area contributed by atoms with Gasteiger partial charge in [0.25, 0.3) is 5.69 Å². The number of methoxy groups -OCH3 is 1. The summed E-state index contributed by atoms with van der Waals surface area (Å²) in [4.78, 5) is 27.9. The largest absolute Gasteiger partial charge is 0.480 e. The molecule has 4 rings (SSSR count). The lowest BCUT2D eigenvalue weighted by molar-refractivity contribution is -0.384. The number of nitro groups is 1. The highest BCUT2D eigenvalue weighted by Gasteiger charge is 2.21. The van der Waals surface area contributed by atoms with E-state index >= 15 is 0 Å². The Morgan fingerprint density at radius 1 is 1.03 bits per heavy atom. The summed E-state index contributed by atoms with van der Waals surface area (Å²) in [6.07, 6.45) is 0. The third kappa shape index (κ3) is 3.41. The van der Waals surface area contributed by atoms with Crippen LogP contribution in [0.25, 0.3) is 32.8 Å².